The molecule has 0 unspecified atom stereocenters. The maximum atomic E-state index is 12.1. The molecule has 0 aliphatic rings. The van der Waals surface area contributed by atoms with E-state index in [-0.39, 0.29) is 18.6 Å². The number of nitrogens with zero attached hydrogens (tertiary/aromatic N) is 1. The molecule has 0 radical (unpaired) electrons. The van der Waals surface area contributed by atoms with Crippen LogP contribution >= 0.6 is 0 Å². The number of nitrogens with one attached hydrogen (secondary N) is 3. The standard InChI is InChI=1S/C23H28N4O5/c1-17(19-7-4-3-5-8-19)26-21(28)16-32-20-11-9-18(10-12-20)15-25-27-23(30)22(29)24-13-6-14-31-2/h3-5,7-12,15,17H,6,13-14,16H2,1-2H3,(H,24,29)(H,26,28)(H,27,30)/b25-15-/t17-/m1/s1. The fourth-order valence-electron chi connectivity index (χ4n) is 2.62. The second-order valence-electron chi connectivity index (χ2n) is 6.86. The molecular formula is C23H28N4O5. The molecule has 3 N–H and O–H groups in total. The second kappa shape index (κ2) is 13.6. The molecule has 0 fully saturated rings. The third-order valence-corrected chi connectivity index (χ3v) is 4.32. The Hall–Kier alpha value is -3.72. The van der Waals surface area contributed by atoms with Crippen molar-refractivity contribution in [2.75, 3.05) is 26.9 Å². The first-order chi connectivity index (χ1) is 15.5. The molecule has 0 aliphatic carbocycles. The van der Waals surface area contributed by atoms with Crippen LogP contribution in [0.3, 0.4) is 0 Å². The van der Waals surface area contributed by atoms with Gasteiger partial charge in [-0.05, 0) is 48.7 Å². The molecule has 0 spiro atoms. The van der Waals surface area contributed by atoms with E-state index in [4.69, 9.17) is 9.47 Å². The molecule has 9 heteroatoms. The highest BCUT2D eigenvalue weighted by Gasteiger charge is 2.11. The first-order valence-electron chi connectivity index (χ1n) is 10.2. The van der Waals surface area contributed by atoms with Crippen LogP contribution in [-0.4, -0.2) is 50.8 Å². The fraction of sp³-hybridized carbons (Fsp3) is 0.304. The lowest BCUT2D eigenvalue weighted by molar-refractivity contribution is -0.139. The first-order valence-corrected chi connectivity index (χ1v) is 10.2. The molecule has 2 aromatic rings. The molecule has 0 saturated heterocycles. The van der Waals surface area contributed by atoms with Crippen LogP contribution in [0.25, 0.3) is 0 Å². The van der Waals surface area contributed by atoms with Crippen LogP contribution in [0.2, 0.25) is 0 Å². The van der Waals surface area contributed by atoms with Gasteiger partial charge in [0.1, 0.15) is 5.75 Å². The smallest absolute Gasteiger partial charge is 0.329 e. The van der Waals surface area contributed by atoms with Crippen LogP contribution in [-0.2, 0) is 19.1 Å². The molecule has 9 nitrogen and oxygen atoms in total. The highest BCUT2D eigenvalue weighted by molar-refractivity contribution is 6.35. The lowest BCUT2D eigenvalue weighted by Crippen LogP contribution is -2.38. The number of hydrazone groups is 1. The zero-order valence-electron chi connectivity index (χ0n) is 18.2. The predicted octanol–water partition coefficient (Wildman–Crippen LogP) is 1.55. The summed E-state index contributed by atoms with van der Waals surface area (Å²) in [5.41, 5.74) is 3.86. The number of rotatable bonds is 11. The summed E-state index contributed by atoms with van der Waals surface area (Å²) < 4.78 is 10.4. The summed E-state index contributed by atoms with van der Waals surface area (Å²) in [6.45, 7) is 2.64. The number of methoxy groups -OCH3 is 1. The summed E-state index contributed by atoms with van der Waals surface area (Å²) in [6, 6.07) is 16.3. The van der Waals surface area contributed by atoms with Gasteiger partial charge < -0.3 is 20.1 Å². The van der Waals surface area contributed by atoms with Gasteiger partial charge in [0.25, 0.3) is 5.91 Å². The highest BCUT2D eigenvalue weighted by Crippen LogP contribution is 2.13. The van der Waals surface area contributed by atoms with Crippen molar-refractivity contribution in [3.63, 3.8) is 0 Å². The average Bonchev–Trinajstić information content (AvgIpc) is 2.81. The molecule has 0 aromatic heterocycles. The zero-order chi connectivity index (χ0) is 23.2. The van der Waals surface area contributed by atoms with Crippen molar-refractivity contribution in [2.24, 2.45) is 5.10 Å². The van der Waals surface area contributed by atoms with Gasteiger partial charge in [-0.3, -0.25) is 14.4 Å². The van der Waals surface area contributed by atoms with Crippen molar-refractivity contribution in [3.05, 3.63) is 65.7 Å². The van der Waals surface area contributed by atoms with E-state index in [0.29, 0.717) is 30.9 Å². The normalized spacial score (nSPS) is 11.6. The summed E-state index contributed by atoms with van der Waals surface area (Å²) in [5, 5.41) is 9.10. The van der Waals surface area contributed by atoms with Gasteiger partial charge in [0, 0.05) is 20.3 Å². The Bertz CT molecular complexity index is 900. The van der Waals surface area contributed by atoms with Crippen LogP contribution in [0.4, 0.5) is 0 Å². The van der Waals surface area contributed by atoms with Crippen molar-refractivity contribution in [1.29, 1.82) is 0 Å². The topological polar surface area (TPSA) is 118 Å². The number of ether oxygens (including phenoxy) is 2. The van der Waals surface area contributed by atoms with E-state index in [9.17, 15) is 14.4 Å². The van der Waals surface area contributed by atoms with Crippen LogP contribution in [0, 0.1) is 0 Å². The molecule has 2 aromatic carbocycles. The molecule has 3 amide bonds. The van der Waals surface area contributed by atoms with Crippen LogP contribution in [0.5, 0.6) is 5.75 Å². The Morgan fingerprint density at radius 3 is 2.44 bits per heavy atom. The second-order valence-corrected chi connectivity index (χ2v) is 6.86. The predicted molar refractivity (Wildman–Crippen MR) is 120 cm³/mol. The van der Waals surface area contributed by atoms with E-state index in [0.717, 1.165) is 5.56 Å². The lowest BCUT2D eigenvalue weighted by Gasteiger charge is -2.14. The Morgan fingerprint density at radius 1 is 1.03 bits per heavy atom. The van der Waals surface area contributed by atoms with E-state index in [1.807, 2.05) is 37.3 Å². The number of hydrogen-bond acceptors (Lipinski definition) is 6. The van der Waals surface area contributed by atoms with Crippen LogP contribution in [0.15, 0.2) is 59.7 Å². The third-order valence-electron chi connectivity index (χ3n) is 4.32. The maximum Gasteiger partial charge on any atom is 0.329 e. The summed E-state index contributed by atoms with van der Waals surface area (Å²) >= 11 is 0. The summed E-state index contributed by atoms with van der Waals surface area (Å²) in [5.74, 6) is -1.32. The Morgan fingerprint density at radius 2 is 1.75 bits per heavy atom. The van der Waals surface area contributed by atoms with Crippen molar-refractivity contribution in [2.45, 2.75) is 19.4 Å². The van der Waals surface area contributed by atoms with Crippen molar-refractivity contribution < 1.29 is 23.9 Å². The summed E-state index contributed by atoms with van der Waals surface area (Å²) in [7, 11) is 1.56. The number of amides is 3. The Labute approximate surface area is 187 Å². The van der Waals surface area contributed by atoms with Crippen LogP contribution < -0.4 is 20.8 Å². The minimum absolute atomic E-state index is 0.111. The zero-order valence-corrected chi connectivity index (χ0v) is 18.2. The lowest BCUT2D eigenvalue weighted by atomic mass is 10.1. The number of carbonyl (C=O) groups excluding carboxylic acids is 3. The van der Waals surface area contributed by atoms with E-state index in [1.165, 1.54) is 6.21 Å². The van der Waals surface area contributed by atoms with Gasteiger partial charge in [0.2, 0.25) is 0 Å². The monoisotopic (exact) mass is 440 g/mol. The van der Waals surface area contributed by atoms with Crippen molar-refractivity contribution in [3.8, 4) is 5.75 Å². The molecule has 0 saturated carbocycles. The number of benzene rings is 2. The van der Waals surface area contributed by atoms with Crippen molar-refractivity contribution in [1.82, 2.24) is 16.1 Å². The van der Waals surface area contributed by atoms with E-state index in [1.54, 1.807) is 31.4 Å². The number of carbonyl (C=O) groups is 3. The highest BCUT2D eigenvalue weighted by atomic mass is 16.5. The quantitative estimate of drug-likeness (QED) is 0.212. The third kappa shape index (κ3) is 8.97. The van der Waals surface area contributed by atoms with E-state index < -0.39 is 11.8 Å². The molecule has 2 rings (SSSR count). The van der Waals surface area contributed by atoms with E-state index in [2.05, 4.69) is 21.2 Å². The Balaban J connectivity index is 1.71. The SMILES string of the molecule is COCCCNC(=O)C(=O)N/N=C\c1ccc(OCC(=O)N[C@H](C)c2ccccc2)cc1. The van der Waals surface area contributed by atoms with Gasteiger partial charge in [-0.1, -0.05) is 30.3 Å². The van der Waals surface area contributed by atoms with Gasteiger partial charge in [-0.15, -0.1) is 0 Å². The average molecular weight is 441 g/mol. The molecular weight excluding hydrogens is 412 g/mol. The van der Waals surface area contributed by atoms with Gasteiger partial charge in [0.15, 0.2) is 6.61 Å². The molecule has 1 atom stereocenters. The van der Waals surface area contributed by atoms with E-state index >= 15 is 0 Å². The minimum atomic E-state index is -0.852. The Kier molecular flexibility index (Phi) is 10.4. The largest absolute Gasteiger partial charge is 0.484 e. The van der Waals surface area contributed by atoms with Crippen molar-refractivity contribution >= 4 is 23.9 Å². The fourth-order valence-corrected chi connectivity index (χ4v) is 2.62. The molecule has 0 heterocycles. The summed E-state index contributed by atoms with van der Waals surface area (Å²) in [4.78, 5) is 35.3. The molecule has 0 aliphatic heterocycles. The van der Waals surface area contributed by atoms with Gasteiger partial charge in [-0.25, -0.2) is 5.43 Å². The molecule has 0 bridgehead atoms. The molecule has 32 heavy (non-hydrogen) atoms. The number of hydrogen-bond donors (Lipinski definition) is 3. The first kappa shape index (κ1) is 24.5. The summed E-state index contributed by atoms with van der Waals surface area (Å²) in [6.07, 6.45) is 2.01. The molecule has 170 valence electrons. The van der Waals surface area contributed by atoms with Gasteiger partial charge in [0.05, 0.1) is 12.3 Å². The maximum absolute atomic E-state index is 12.1. The van der Waals surface area contributed by atoms with Crippen LogP contribution in [0.1, 0.15) is 30.5 Å². The minimum Gasteiger partial charge on any atom is -0.484 e. The van der Waals surface area contributed by atoms with Gasteiger partial charge >= 0.3 is 11.8 Å². The van der Waals surface area contributed by atoms with Gasteiger partial charge in [-0.2, -0.15) is 5.10 Å².